The predicted octanol–water partition coefficient (Wildman–Crippen LogP) is 1.99. The Bertz CT molecular complexity index is 384. The molecule has 0 aliphatic carbocycles. The van der Waals surface area contributed by atoms with Gasteiger partial charge in [-0.05, 0) is 25.6 Å². The first-order valence-electron chi connectivity index (χ1n) is 6.14. The molecule has 0 atom stereocenters. The highest BCUT2D eigenvalue weighted by Gasteiger charge is 2.04. The van der Waals surface area contributed by atoms with Gasteiger partial charge in [0.25, 0.3) is 0 Å². The number of rotatable bonds is 4. The number of hydrogen-bond acceptors (Lipinski definition) is 3. The Hall–Kier alpha value is -1.88. The zero-order valence-electron chi connectivity index (χ0n) is 11.6. The van der Waals surface area contributed by atoms with Gasteiger partial charge in [-0.15, -0.1) is 0 Å². The molecule has 19 heavy (non-hydrogen) atoms. The fourth-order valence-electron chi connectivity index (χ4n) is 1.40. The van der Waals surface area contributed by atoms with Crippen LogP contribution < -0.4 is 0 Å². The number of benzene rings is 1. The van der Waals surface area contributed by atoms with E-state index in [2.05, 4.69) is 49.9 Å². The van der Waals surface area contributed by atoms with Crippen LogP contribution in [0.3, 0.4) is 0 Å². The van der Waals surface area contributed by atoms with Gasteiger partial charge in [-0.1, -0.05) is 43.7 Å². The van der Waals surface area contributed by atoms with Gasteiger partial charge >= 0.3 is 11.9 Å². The molecule has 0 aliphatic rings. The molecular weight excluding hydrogens is 246 g/mol. The minimum atomic E-state index is -1.82. The molecule has 0 unspecified atom stereocenters. The third kappa shape index (κ3) is 7.94. The summed E-state index contributed by atoms with van der Waals surface area (Å²) in [6.45, 7) is 9.87. The Kier molecular flexibility index (Phi) is 8.20. The summed E-state index contributed by atoms with van der Waals surface area (Å²) in [5.41, 5.74) is 2.75. The summed E-state index contributed by atoms with van der Waals surface area (Å²) in [6.07, 6.45) is 0. The molecule has 1 aromatic rings. The molecule has 106 valence electrons. The van der Waals surface area contributed by atoms with Gasteiger partial charge in [0.15, 0.2) is 0 Å². The molecule has 0 aliphatic heterocycles. The number of carbonyl (C=O) groups is 2. The number of aliphatic carboxylic acids is 2. The molecule has 1 rings (SSSR count). The molecule has 0 spiro atoms. The van der Waals surface area contributed by atoms with Gasteiger partial charge in [0, 0.05) is 6.54 Å². The molecule has 2 N–H and O–H groups in total. The van der Waals surface area contributed by atoms with Gasteiger partial charge in [0.1, 0.15) is 0 Å². The van der Waals surface area contributed by atoms with Crippen LogP contribution >= 0.6 is 0 Å². The fraction of sp³-hybridized carbons (Fsp3) is 0.429. The molecule has 0 saturated carbocycles. The zero-order valence-corrected chi connectivity index (χ0v) is 11.6. The van der Waals surface area contributed by atoms with Crippen LogP contribution in [-0.2, 0) is 16.1 Å². The van der Waals surface area contributed by atoms with E-state index in [0.29, 0.717) is 0 Å². The number of aryl methyl sites for hydroxylation is 1. The summed E-state index contributed by atoms with van der Waals surface area (Å²) >= 11 is 0. The van der Waals surface area contributed by atoms with E-state index in [1.807, 2.05) is 0 Å². The van der Waals surface area contributed by atoms with Crippen LogP contribution in [0.25, 0.3) is 0 Å². The minimum absolute atomic E-state index is 1.08. The first-order valence-corrected chi connectivity index (χ1v) is 6.14. The van der Waals surface area contributed by atoms with Crippen molar-refractivity contribution >= 4 is 11.9 Å². The van der Waals surface area contributed by atoms with Crippen LogP contribution in [0.5, 0.6) is 0 Å². The van der Waals surface area contributed by atoms with Crippen LogP contribution in [0.2, 0.25) is 0 Å². The number of nitrogens with zero attached hydrogens (tertiary/aromatic N) is 1. The molecule has 0 saturated heterocycles. The molecule has 5 nitrogen and oxygen atoms in total. The van der Waals surface area contributed by atoms with Crippen LogP contribution in [0.1, 0.15) is 25.0 Å². The van der Waals surface area contributed by atoms with E-state index >= 15 is 0 Å². The van der Waals surface area contributed by atoms with Crippen LogP contribution in [0.15, 0.2) is 24.3 Å². The lowest BCUT2D eigenvalue weighted by Gasteiger charge is -2.17. The molecule has 1 aromatic carbocycles. The molecule has 0 radical (unpaired) electrons. The second-order valence-electron chi connectivity index (χ2n) is 4.06. The summed E-state index contributed by atoms with van der Waals surface area (Å²) in [4.78, 5) is 20.6. The standard InChI is InChI=1S/C12H19N.C2H2O4/c1-4-13(5-2)10-12-8-6-11(3)7-9-12;3-1(4)2(5)6/h6-9H,4-5,10H2,1-3H3;(H,3,4)(H,5,6). The van der Waals surface area contributed by atoms with E-state index in [0.717, 1.165) is 19.6 Å². The lowest BCUT2D eigenvalue weighted by Crippen LogP contribution is -2.21. The molecule has 0 amide bonds. The SMILES string of the molecule is CCN(CC)Cc1ccc(C)cc1.O=C(O)C(=O)O. The van der Waals surface area contributed by atoms with Gasteiger partial charge in [-0.25, -0.2) is 9.59 Å². The average Bonchev–Trinajstić information content (AvgIpc) is 2.38. The maximum absolute atomic E-state index is 9.10. The molecule has 0 bridgehead atoms. The van der Waals surface area contributed by atoms with E-state index in [9.17, 15) is 0 Å². The van der Waals surface area contributed by atoms with Gasteiger partial charge < -0.3 is 10.2 Å². The summed E-state index contributed by atoms with van der Waals surface area (Å²) in [5.74, 6) is -3.65. The van der Waals surface area contributed by atoms with Crippen LogP contribution in [0, 0.1) is 6.92 Å². The van der Waals surface area contributed by atoms with Crippen LogP contribution in [-0.4, -0.2) is 40.1 Å². The number of carboxylic acid groups (broad SMARTS) is 2. The van der Waals surface area contributed by atoms with Crippen molar-refractivity contribution < 1.29 is 19.8 Å². The lowest BCUT2D eigenvalue weighted by atomic mass is 10.1. The van der Waals surface area contributed by atoms with Gasteiger partial charge in [-0.2, -0.15) is 0 Å². The first-order chi connectivity index (χ1) is 8.90. The summed E-state index contributed by atoms with van der Waals surface area (Å²) in [6, 6.07) is 8.79. The maximum atomic E-state index is 9.10. The van der Waals surface area contributed by atoms with Crippen molar-refractivity contribution in [1.82, 2.24) is 4.90 Å². The van der Waals surface area contributed by atoms with Crippen molar-refractivity contribution in [2.75, 3.05) is 13.1 Å². The molecule has 0 aromatic heterocycles. The normalized spacial score (nSPS) is 9.68. The highest BCUT2D eigenvalue weighted by atomic mass is 16.4. The Morgan fingerprint density at radius 1 is 1.00 bits per heavy atom. The van der Waals surface area contributed by atoms with E-state index in [1.54, 1.807) is 0 Å². The Balaban J connectivity index is 0.000000459. The van der Waals surface area contributed by atoms with Crippen molar-refractivity contribution in [2.24, 2.45) is 0 Å². The van der Waals surface area contributed by atoms with E-state index < -0.39 is 11.9 Å². The van der Waals surface area contributed by atoms with Crippen molar-refractivity contribution in [3.63, 3.8) is 0 Å². The Morgan fingerprint density at radius 2 is 1.42 bits per heavy atom. The lowest BCUT2D eigenvalue weighted by molar-refractivity contribution is -0.159. The average molecular weight is 267 g/mol. The molecular formula is C14H21NO4. The summed E-state index contributed by atoms with van der Waals surface area (Å²) < 4.78 is 0. The topological polar surface area (TPSA) is 77.8 Å². The Labute approximate surface area is 113 Å². The quantitative estimate of drug-likeness (QED) is 0.816. The largest absolute Gasteiger partial charge is 0.473 e. The smallest absolute Gasteiger partial charge is 0.414 e. The maximum Gasteiger partial charge on any atom is 0.414 e. The van der Waals surface area contributed by atoms with Crippen molar-refractivity contribution in [3.05, 3.63) is 35.4 Å². The minimum Gasteiger partial charge on any atom is -0.473 e. The van der Waals surface area contributed by atoms with E-state index in [1.165, 1.54) is 11.1 Å². The van der Waals surface area contributed by atoms with Gasteiger partial charge in [-0.3, -0.25) is 4.90 Å². The Morgan fingerprint density at radius 3 is 1.74 bits per heavy atom. The van der Waals surface area contributed by atoms with Gasteiger partial charge in [0.05, 0.1) is 0 Å². The summed E-state index contributed by atoms with van der Waals surface area (Å²) in [5, 5.41) is 14.8. The molecule has 0 heterocycles. The van der Waals surface area contributed by atoms with Crippen LogP contribution in [0.4, 0.5) is 0 Å². The summed E-state index contributed by atoms with van der Waals surface area (Å²) in [7, 11) is 0. The third-order valence-corrected chi connectivity index (χ3v) is 2.60. The number of hydrogen-bond donors (Lipinski definition) is 2. The molecule has 5 heteroatoms. The predicted molar refractivity (Wildman–Crippen MR) is 73.1 cm³/mol. The van der Waals surface area contributed by atoms with Gasteiger partial charge in [0.2, 0.25) is 0 Å². The highest BCUT2D eigenvalue weighted by Crippen LogP contribution is 2.06. The second-order valence-corrected chi connectivity index (χ2v) is 4.06. The van der Waals surface area contributed by atoms with E-state index in [-0.39, 0.29) is 0 Å². The van der Waals surface area contributed by atoms with Crippen molar-refractivity contribution in [2.45, 2.75) is 27.3 Å². The third-order valence-electron chi connectivity index (χ3n) is 2.60. The highest BCUT2D eigenvalue weighted by molar-refractivity contribution is 6.27. The second kappa shape index (κ2) is 9.10. The van der Waals surface area contributed by atoms with Crippen molar-refractivity contribution in [1.29, 1.82) is 0 Å². The van der Waals surface area contributed by atoms with Crippen molar-refractivity contribution in [3.8, 4) is 0 Å². The monoisotopic (exact) mass is 267 g/mol. The number of carboxylic acids is 2. The zero-order chi connectivity index (χ0) is 14.8. The fourth-order valence-corrected chi connectivity index (χ4v) is 1.40. The first kappa shape index (κ1) is 17.1. The van der Waals surface area contributed by atoms with E-state index in [4.69, 9.17) is 19.8 Å². The molecule has 0 fully saturated rings.